The summed E-state index contributed by atoms with van der Waals surface area (Å²) in [4.78, 5) is 15.0. The van der Waals surface area contributed by atoms with Crippen molar-refractivity contribution in [3.05, 3.63) is 125 Å². The molecule has 0 spiro atoms. The molecule has 0 aliphatic carbocycles. The summed E-state index contributed by atoms with van der Waals surface area (Å²) in [6, 6.07) is 29.7. The van der Waals surface area contributed by atoms with E-state index in [0.29, 0.717) is 23.9 Å². The zero-order valence-electron chi connectivity index (χ0n) is 18.7. The lowest BCUT2D eigenvalue weighted by Gasteiger charge is -2.24. The molecule has 5 heteroatoms. The fraction of sp³-hybridized carbons (Fsp3) is 0.179. The Morgan fingerprint density at radius 2 is 1.58 bits per heavy atom. The molecule has 0 bridgehead atoms. The zero-order chi connectivity index (χ0) is 23.0. The molecule has 4 rings (SSSR count). The smallest absolute Gasteiger partial charge is 0.261 e. The standard InChI is InChI=1S/C28H27ClN2O2/c1-22-9-11-24(12-10-22)18-30-17-5-8-26(30)20-31(19-23-6-3-2-4-7-23)28(32)21-33-27-15-13-25(29)14-16-27/h2-17H,18-21H2,1H3. The lowest BCUT2D eigenvalue weighted by Crippen LogP contribution is -2.34. The van der Waals surface area contributed by atoms with Crippen LogP contribution in [0.3, 0.4) is 0 Å². The largest absolute Gasteiger partial charge is 0.484 e. The summed E-state index contributed by atoms with van der Waals surface area (Å²) in [5, 5.41) is 0.633. The molecular weight excluding hydrogens is 432 g/mol. The van der Waals surface area contributed by atoms with Crippen molar-refractivity contribution in [1.29, 1.82) is 0 Å². The third kappa shape index (κ3) is 6.50. The van der Waals surface area contributed by atoms with E-state index in [4.69, 9.17) is 16.3 Å². The van der Waals surface area contributed by atoms with Crippen molar-refractivity contribution in [3.63, 3.8) is 0 Å². The molecule has 0 fully saturated rings. The number of carbonyl (C=O) groups excluding carboxylic acids is 1. The molecular formula is C28H27ClN2O2. The molecule has 168 valence electrons. The monoisotopic (exact) mass is 458 g/mol. The quantitative estimate of drug-likeness (QED) is 0.303. The van der Waals surface area contributed by atoms with Crippen LogP contribution in [-0.2, 0) is 24.4 Å². The molecule has 3 aromatic carbocycles. The van der Waals surface area contributed by atoms with Crippen molar-refractivity contribution in [2.24, 2.45) is 0 Å². The van der Waals surface area contributed by atoms with Gasteiger partial charge in [0, 0.05) is 30.0 Å². The van der Waals surface area contributed by atoms with Crippen molar-refractivity contribution in [3.8, 4) is 5.75 Å². The Hall–Kier alpha value is -3.50. The highest BCUT2D eigenvalue weighted by Gasteiger charge is 2.17. The van der Waals surface area contributed by atoms with E-state index in [2.05, 4.69) is 48.0 Å². The maximum Gasteiger partial charge on any atom is 0.261 e. The number of hydrogen-bond acceptors (Lipinski definition) is 2. The van der Waals surface area contributed by atoms with Crippen molar-refractivity contribution in [2.45, 2.75) is 26.6 Å². The summed E-state index contributed by atoms with van der Waals surface area (Å²) in [6.45, 7) is 3.82. The Balaban J connectivity index is 1.49. The number of halogens is 1. The summed E-state index contributed by atoms with van der Waals surface area (Å²) in [6.07, 6.45) is 2.06. The molecule has 0 N–H and O–H groups in total. The van der Waals surface area contributed by atoms with Crippen molar-refractivity contribution in [1.82, 2.24) is 9.47 Å². The molecule has 0 aliphatic rings. The summed E-state index contributed by atoms with van der Waals surface area (Å²) in [5.41, 5.74) is 4.62. The maximum absolute atomic E-state index is 13.2. The molecule has 0 atom stereocenters. The van der Waals surface area contributed by atoms with Gasteiger partial charge in [-0.2, -0.15) is 0 Å². The number of benzene rings is 3. The third-order valence-corrected chi connectivity index (χ3v) is 5.75. The van der Waals surface area contributed by atoms with E-state index in [1.54, 1.807) is 24.3 Å². The van der Waals surface area contributed by atoms with Crippen molar-refractivity contribution in [2.75, 3.05) is 6.61 Å². The van der Waals surface area contributed by atoms with Gasteiger partial charge in [0.05, 0.1) is 6.54 Å². The predicted octanol–water partition coefficient (Wildman–Crippen LogP) is 6.11. The van der Waals surface area contributed by atoms with Gasteiger partial charge in [-0.1, -0.05) is 71.8 Å². The van der Waals surface area contributed by atoms with Crippen molar-refractivity contribution >= 4 is 17.5 Å². The van der Waals surface area contributed by atoms with Crippen molar-refractivity contribution < 1.29 is 9.53 Å². The second-order valence-corrected chi connectivity index (χ2v) is 8.53. The van der Waals surface area contributed by atoms with Crippen LogP contribution in [0, 0.1) is 6.92 Å². The van der Waals surface area contributed by atoms with E-state index in [-0.39, 0.29) is 12.5 Å². The van der Waals surface area contributed by atoms with Gasteiger partial charge in [-0.15, -0.1) is 0 Å². The van der Waals surface area contributed by atoms with Crippen LogP contribution < -0.4 is 4.74 Å². The number of aryl methyl sites for hydroxylation is 1. The Bertz CT molecular complexity index is 1170. The molecule has 0 aliphatic heterocycles. The highest BCUT2D eigenvalue weighted by molar-refractivity contribution is 6.30. The van der Waals surface area contributed by atoms with Gasteiger partial charge in [-0.3, -0.25) is 4.79 Å². The Morgan fingerprint density at radius 3 is 2.30 bits per heavy atom. The molecule has 4 aromatic rings. The minimum atomic E-state index is -0.0723. The average Bonchev–Trinajstić information content (AvgIpc) is 3.26. The fourth-order valence-electron chi connectivity index (χ4n) is 3.64. The molecule has 1 aromatic heterocycles. The molecule has 0 saturated carbocycles. The van der Waals surface area contributed by atoms with Crippen LogP contribution in [0.4, 0.5) is 0 Å². The van der Waals surface area contributed by atoms with Gasteiger partial charge in [0.1, 0.15) is 5.75 Å². The third-order valence-electron chi connectivity index (χ3n) is 5.49. The average molecular weight is 459 g/mol. The fourth-order valence-corrected chi connectivity index (χ4v) is 3.76. The van der Waals surface area contributed by atoms with Crippen LogP contribution in [0.2, 0.25) is 5.02 Å². The number of rotatable bonds is 9. The van der Waals surface area contributed by atoms with Crippen LogP contribution in [0.5, 0.6) is 5.75 Å². The Labute approximate surface area is 200 Å². The number of nitrogens with zero attached hydrogens (tertiary/aromatic N) is 2. The van der Waals surface area contributed by atoms with Crippen LogP contribution in [-0.4, -0.2) is 22.0 Å². The van der Waals surface area contributed by atoms with Gasteiger partial charge >= 0.3 is 0 Å². The SMILES string of the molecule is Cc1ccc(Cn2cccc2CN(Cc2ccccc2)C(=O)COc2ccc(Cl)cc2)cc1. The number of aromatic nitrogens is 1. The number of amides is 1. The first-order chi connectivity index (χ1) is 16.1. The van der Waals surface area contributed by atoms with Gasteiger partial charge < -0.3 is 14.2 Å². The first kappa shape index (κ1) is 22.7. The van der Waals surface area contributed by atoms with Gasteiger partial charge in [0.15, 0.2) is 6.61 Å². The zero-order valence-corrected chi connectivity index (χ0v) is 19.4. The molecule has 1 amide bonds. The number of carbonyl (C=O) groups is 1. The van der Waals surface area contributed by atoms with Crippen LogP contribution in [0.15, 0.2) is 97.2 Å². The molecule has 4 nitrogen and oxygen atoms in total. The number of hydrogen-bond donors (Lipinski definition) is 0. The van der Waals surface area contributed by atoms with Gasteiger partial charge in [-0.25, -0.2) is 0 Å². The van der Waals surface area contributed by atoms with E-state index in [0.717, 1.165) is 17.8 Å². The maximum atomic E-state index is 13.2. The molecule has 0 radical (unpaired) electrons. The second kappa shape index (κ2) is 10.9. The van der Waals surface area contributed by atoms with Gasteiger partial charge in [0.2, 0.25) is 0 Å². The lowest BCUT2D eigenvalue weighted by atomic mass is 10.1. The summed E-state index contributed by atoms with van der Waals surface area (Å²) >= 11 is 5.94. The Morgan fingerprint density at radius 1 is 0.848 bits per heavy atom. The van der Waals surface area contributed by atoms with E-state index in [1.165, 1.54) is 11.1 Å². The topological polar surface area (TPSA) is 34.5 Å². The van der Waals surface area contributed by atoms with E-state index in [9.17, 15) is 4.79 Å². The summed E-state index contributed by atoms with van der Waals surface area (Å²) in [5.74, 6) is 0.548. The minimum absolute atomic E-state index is 0.0346. The van der Waals surface area contributed by atoms with E-state index >= 15 is 0 Å². The van der Waals surface area contributed by atoms with Crippen LogP contribution >= 0.6 is 11.6 Å². The van der Waals surface area contributed by atoms with E-state index in [1.807, 2.05) is 41.3 Å². The highest BCUT2D eigenvalue weighted by atomic mass is 35.5. The molecule has 1 heterocycles. The summed E-state index contributed by atoms with van der Waals surface area (Å²) in [7, 11) is 0. The normalized spacial score (nSPS) is 10.7. The lowest BCUT2D eigenvalue weighted by molar-refractivity contribution is -0.134. The van der Waals surface area contributed by atoms with Gasteiger partial charge in [-0.05, 0) is 54.4 Å². The molecule has 0 saturated heterocycles. The molecule has 0 unspecified atom stereocenters. The number of ether oxygens (including phenoxy) is 1. The first-order valence-corrected chi connectivity index (χ1v) is 11.3. The molecule has 33 heavy (non-hydrogen) atoms. The summed E-state index contributed by atoms with van der Waals surface area (Å²) < 4.78 is 7.93. The first-order valence-electron chi connectivity index (χ1n) is 11.0. The minimum Gasteiger partial charge on any atom is -0.484 e. The second-order valence-electron chi connectivity index (χ2n) is 8.09. The van der Waals surface area contributed by atoms with Crippen LogP contribution in [0.1, 0.15) is 22.4 Å². The van der Waals surface area contributed by atoms with E-state index < -0.39 is 0 Å². The van der Waals surface area contributed by atoms with Crippen LogP contribution in [0.25, 0.3) is 0 Å². The Kier molecular flexibility index (Phi) is 7.48. The highest BCUT2D eigenvalue weighted by Crippen LogP contribution is 2.17. The predicted molar refractivity (Wildman–Crippen MR) is 132 cm³/mol. The van der Waals surface area contributed by atoms with Gasteiger partial charge in [0.25, 0.3) is 5.91 Å².